The van der Waals surface area contributed by atoms with E-state index in [2.05, 4.69) is 15.1 Å². The summed E-state index contributed by atoms with van der Waals surface area (Å²) in [6.45, 7) is 4.63. The van der Waals surface area contributed by atoms with Crippen LogP contribution in [0.3, 0.4) is 0 Å². The molecule has 0 radical (unpaired) electrons. The topological polar surface area (TPSA) is 125 Å². The van der Waals surface area contributed by atoms with Gasteiger partial charge in [0.1, 0.15) is 0 Å². The van der Waals surface area contributed by atoms with E-state index in [1.165, 1.54) is 27.2 Å². The lowest BCUT2D eigenvalue weighted by Crippen LogP contribution is -2.22. The molecule has 32 heavy (non-hydrogen) atoms. The monoisotopic (exact) mass is 473 g/mol. The van der Waals surface area contributed by atoms with Crippen molar-refractivity contribution in [3.63, 3.8) is 0 Å². The first-order valence-corrected chi connectivity index (χ1v) is 10.5. The molecule has 0 saturated carbocycles. The molecule has 3 aromatic rings. The number of alkyl halides is 3. The molecular weight excluding hydrogens is 455 g/mol. The molecule has 10 nitrogen and oxygen atoms in total. The van der Waals surface area contributed by atoms with Gasteiger partial charge < -0.3 is 9.47 Å². The molecule has 0 saturated heterocycles. The maximum absolute atomic E-state index is 13.6. The zero-order chi connectivity index (χ0) is 23.8. The van der Waals surface area contributed by atoms with E-state index in [-0.39, 0.29) is 11.7 Å². The van der Waals surface area contributed by atoms with Crippen molar-refractivity contribution in [3.8, 4) is 5.88 Å². The molecule has 2 heterocycles. The van der Waals surface area contributed by atoms with Crippen molar-refractivity contribution in [2.24, 2.45) is 0 Å². The van der Waals surface area contributed by atoms with Gasteiger partial charge in [0.2, 0.25) is 5.88 Å². The first-order chi connectivity index (χ1) is 14.8. The predicted octanol–water partition coefficient (Wildman–Crippen LogP) is 2.83. The smallest absolute Gasteiger partial charge is 0.418 e. The number of hydrogen-bond donors (Lipinski definition) is 1. The standard InChI is InChI=1S/C18H18F3N5O5S/c1-9(2)31-15(27)11-6-5-7-12(18(19,20)21)13(11)25-32(28,29)17-23-16-22-14(30-4)10(3)8-26(16)24-17/h5-9,25H,1-4H3. The average Bonchev–Trinajstić information content (AvgIpc) is 3.09. The average molecular weight is 473 g/mol. The van der Waals surface area contributed by atoms with Gasteiger partial charge in [0.15, 0.2) is 0 Å². The van der Waals surface area contributed by atoms with Gasteiger partial charge in [-0.25, -0.2) is 9.31 Å². The number of esters is 1. The lowest BCUT2D eigenvalue weighted by atomic mass is 10.1. The molecule has 1 aromatic carbocycles. The Kier molecular flexibility index (Phi) is 6.00. The quantitative estimate of drug-likeness (QED) is 0.542. The molecular formula is C18H18F3N5O5S. The summed E-state index contributed by atoms with van der Waals surface area (Å²) in [5, 5.41) is 2.92. The first-order valence-electron chi connectivity index (χ1n) is 9.05. The second-order valence-corrected chi connectivity index (χ2v) is 8.43. The number of sulfonamides is 1. The fraction of sp³-hybridized carbons (Fsp3) is 0.333. The van der Waals surface area contributed by atoms with E-state index in [9.17, 15) is 26.4 Å². The minimum absolute atomic E-state index is 0.156. The minimum atomic E-state index is -4.97. The Morgan fingerprint density at radius 3 is 2.50 bits per heavy atom. The highest BCUT2D eigenvalue weighted by Crippen LogP contribution is 2.38. The molecule has 0 fully saturated rings. The van der Waals surface area contributed by atoms with Gasteiger partial charge in [-0.05, 0) is 32.9 Å². The Morgan fingerprint density at radius 1 is 1.22 bits per heavy atom. The highest BCUT2D eigenvalue weighted by Gasteiger charge is 2.37. The van der Waals surface area contributed by atoms with Crippen molar-refractivity contribution in [2.45, 2.75) is 38.2 Å². The lowest BCUT2D eigenvalue weighted by Gasteiger charge is -2.17. The number of halogens is 3. The zero-order valence-electron chi connectivity index (χ0n) is 17.3. The van der Waals surface area contributed by atoms with Gasteiger partial charge in [0, 0.05) is 11.8 Å². The van der Waals surface area contributed by atoms with Crippen LogP contribution < -0.4 is 9.46 Å². The molecule has 0 amide bonds. The number of ether oxygens (including phenoxy) is 2. The predicted molar refractivity (Wildman–Crippen MR) is 105 cm³/mol. The lowest BCUT2D eigenvalue weighted by molar-refractivity contribution is -0.136. The summed E-state index contributed by atoms with van der Waals surface area (Å²) in [5.74, 6) is -1.12. The Labute approximate surface area is 180 Å². The van der Waals surface area contributed by atoms with Crippen LogP contribution in [0.5, 0.6) is 5.88 Å². The highest BCUT2D eigenvalue weighted by atomic mass is 32.2. The van der Waals surface area contributed by atoms with Gasteiger partial charge in [-0.1, -0.05) is 6.07 Å². The fourth-order valence-electron chi connectivity index (χ4n) is 2.72. The van der Waals surface area contributed by atoms with Gasteiger partial charge in [0.25, 0.3) is 21.0 Å². The van der Waals surface area contributed by atoms with E-state index in [4.69, 9.17) is 9.47 Å². The third kappa shape index (κ3) is 4.59. The number of methoxy groups -OCH3 is 1. The Bertz CT molecular complexity index is 1290. The number of fused-ring (bicyclic) bond motifs is 1. The van der Waals surface area contributed by atoms with E-state index in [1.54, 1.807) is 11.6 Å². The van der Waals surface area contributed by atoms with Crippen LogP contribution in [0, 0.1) is 6.92 Å². The molecule has 0 spiro atoms. The normalized spacial score (nSPS) is 12.2. The number of para-hydroxylation sites is 1. The number of carbonyl (C=O) groups is 1. The summed E-state index contributed by atoms with van der Waals surface area (Å²) in [7, 11) is -3.40. The third-order valence-corrected chi connectivity index (χ3v) is 5.18. The largest absolute Gasteiger partial charge is 0.481 e. The van der Waals surface area contributed by atoms with Crippen LogP contribution in [-0.4, -0.2) is 47.2 Å². The van der Waals surface area contributed by atoms with Gasteiger partial charge in [-0.15, -0.1) is 5.10 Å². The van der Waals surface area contributed by atoms with Gasteiger partial charge in [-0.3, -0.25) is 4.72 Å². The fourth-order valence-corrected chi connectivity index (χ4v) is 3.70. The zero-order valence-corrected chi connectivity index (χ0v) is 18.1. The second-order valence-electron chi connectivity index (χ2n) is 6.86. The second kappa shape index (κ2) is 8.26. The first kappa shape index (κ1) is 23.2. The summed E-state index contributed by atoms with van der Waals surface area (Å²) in [6, 6.07) is 2.63. The molecule has 0 unspecified atom stereocenters. The molecule has 172 valence electrons. The maximum Gasteiger partial charge on any atom is 0.418 e. The van der Waals surface area contributed by atoms with Gasteiger partial charge in [-0.2, -0.15) is 31.6 Å². The number of hydrogen-bond acceptors (Lipinski definition) is 8. The third-order valence-electron chi connectivity index (χ3n) is 4.05. The molecule has 14 heteroatoms. The van der Waals surface area contributed by atoms with E-state index in [1.807, 2.05) is 0 Å². The van der Waals surface area contributed by atoms with Crippen LogP contribution in [0.2, 0.25) is 0 Å². The Morgan fingerprint density at radius 2 is 1.91 bits per heavy atom. The summed E-state index contributed by atoms with van der Waals surface area (Å²) in [5.41, 5.74) is -2.47. The number of anilines is 1. The van der Waals surface area contributed by atoms with E-state index < -0.39 is 50.2 Å². The van der Waals surface area contributed by atoms with Gasteiger partial charge in [0.05, 0.1) is 30.0 Å². The van der Waals surface area contributed by atoms with Crippen LogP contribution >= 0.6 is 0 Å². The molecule has 0 bridgehead atoms. The number of nitrogens with zero attached hydrogens (tertiary/aromatic N) is 4. The molecule has 1 N–H and O–H groups in total. The maximum atomic E-state index is 13.6. The van der Waals surface area contributed by atoms with E-state index in [0.717, 1.165) is 16.6 Å². The Hall–Kier alpha value is -3.42. The van der Waals surface area contributed by atoms with E-state index >= 15 is 0 Å². The van der Waals surface area contributed by atoms with Crippen LogP contribution in [0.1, 0.15) is 35.3 Å². The van der Waals surface area contributed by atoms with E-state index in [0.29, 0.717) is 11.6 Å². The number of benzene rings is 1. The summed E-state index contributed by atoms with van der Waals surface area (Å²) in [4.78, 5) is 20.1. The Balaban J connectivity index is 2.12. The number of carbonyl (C=O) groups excluding carboxylic acids is 1. The van der Waals surface area contributed by atoms with Crippen molar-refractivity contribution >= 4 is 27.5 Å². The molecule has 0 aliphatic carbocycles. The number of aromatic nitrogens is 4. The molecule has 3 rings (SSSR count). The summed E-state index contributed by atoms with van der Waals surface area (Å²) in [6.07, 6.45) is -4.22. The van der Waals surface area contributed by atoms with Crippen LogP contribution in [0.4, 0.5) is 18.9 Å². The highest BCUT2D eigenvalue weighted by molar-refractivity contribution is 7.92. The van der Waals surface area contributed by atoms with Crippen molar-refractivity contribution in [2.75, 3.05) is 11.8 Å². The SMILES string of the molecule is COc1nc2nc(S(=O)(=O)Nc3c(C(=O)OC(C)C)cccc3C(F)(F)F)nn2cc1C. The number of rotatable bonds is 6. The molecule has 0 aliphatic rings. The minimum Gasteiger partial charge on any atom is -0.481 e. The van der Waals surface area contributed by atoms with Crippen molar-refractivity contribution in [1.29, 1.82) is 0 Å². The van der Waals surface area contributed by atoms with Crippen molar-refractivity contribution in [3.05, 3.63) is 41.1 Å². The number of nitrogens with one attached hydrogen (secondary N) is 1. The van der Waals surface area contributed by atoms with Crippen molar-refractivity contribution in [1.82, 2.24) is 19.6 Å². The summed E-state index contributed by atoms with van der Waals surface area (Å²) >= 11 is 0. The van der Waals surface area contributed by atoms with Crippen molar-refractivity contribution < 1.29 is 35.9 Å². The number of aryl methyl sites for hydroxylation is 1. The van der Waals surface area contributed by atoms with Crippen LogP contribution in [0.15, 0.2) is 29.6 Å². The molecule has 0 atom stereocenters. The van der Waals surface area contributed by atoms with Crippen LogP contribution in [-0.2, 0) is 20.9 Å². The van der Waals surface area contributed by atoms with Crippen LogP contribution in [0.25, 0.3) is 5.78 Å². The molecule has 0 aliphatic heterocycles. The van der Waals surface area contributed by atoms with Gasteiger partial charge >= 0.3 is 12.1 Å². The molecule has 2 aromatic heterocycles. The summed E-state index contributed by atoms with van der Waals surface area (Å²) < 4.78 is 79.3.